The van der Waals surface area contributed by atoms with E-state index in [0.29, 0.717) is 11.5 Å². The normalized spacial score (nSPS) is 12.9. The van der Waals surface area contributed by atoms with Crippen LogP contribution in [0.2, 0.25) is 0 Å². The lowest BCUT2D eigenvalue weighted by Gasteiger charge is -2.02. The minimum Gasteiger partial charge on any atom is -0.229 e. The lowest BCUT2D eigenvalue weighted by atomic mass is 10.9. The summed E-state index contributed by atoms with van der Waals surface area (Å²) >= 11 is 0. The Bertz CT molecular complexity index is 333. The molecule has 0 heterocycles. The van der Waals surface area contributed by atoms with Crippen LogP contribution >= 0.6 is 21.6 Å². The highest BCUT2D eigenvalue weighted by Gasteiger charge is 2.08. The minimum absolute atomic E-state index is 0.168. The zero-order valence-electron chi connectivity index (χ0n) is 9.51. The number of sulfone groups is 2. The van der Waals surface area contributed by atoms with Crippen molar-refractivity contribution in [3.05, 3.63) is 0 Å². The monoisotopic (exact) mass is 306 g/mol. The third kappa shape index (κ3) is 8.72. The summed E-state index contributed by atoms with van der Waals surface area (Å²) in [5.74, 6) is 1.72. The van der Waals surface area contributed by atoms with Crippen molar-refractivity contribution in [1.29, 1.82) is 0 Å². The van der Waals surface area contributed by atoms with Gasteiger partial charge >= 0.3 is 0 Å². The standard InChI is InChI=1S/C8H18O4S4/c1-3-15(9,10)7-5-13-14-6-8-16(11,12)4-2/h3-8H2,1-2H3. The maximum absolute atomic E-state index is 11.1. The molecule has 0 saturated heterocycles. The van der Waals surface area contributed by atoms with Gasteiger partial charge in [-0.15, -0.1) is 0 Å². The van der Waals surface area contributed by atoms with Gasteiger partial charge in [0.2, 0.25) is 0 Å². The second kappa shape index (κ2) is 7.84. The molecule has 0 aliphatic carbocycles. The zero-order chi connectivity index (χ0) is 12.7. The van der Waals surface area contributed by atoms with E-state index < -0.39 is 19.7 Å². The smallest absolute Gasteiger partial charge is 0.150 e. The topological polar surface area (TPSA) is 68.3 Å². The van der Waals surface area contributed by atoms with E-state index in [1.807, 2.05) is 0 Å². The molecule has 0 spiro atoms. The van der Waals surface area contributed by atoms with Crippen molar-refractivity contribution >= 4 is 41.3 Å². The van der Waals surface area contributed by atoms with Gasteiger partial charge < -0.3 is 0 Å². The van der Waals surface area contributed by atoms with Crippen LogP contribution in [0.5, 0.6) is 0 Å². The SMILES string of the molecule is CCS(=O)(=O)CCSSCCS(=O)(=O)CC. The predicted octanol–water partition coefficient (Wildman–Crippen LogP) is 1.24. The molecule has 4 nitrogen and oxygen atoms in total. The minimum atomic E-state index is -2.89. The number of hydrogen-bond donors (Lipinski definition) is 0. The van der Waals surface area contributed by atoms with Gasteiger partial charge in [-0.2, -0.15) is 0 Å². The summed E-state index contributed by atoms with van der Waals surface area (Å²) in [4.78, 5) is 0. The van der Waals surface area contributed by atoms with Crippen LogP contribution in [0, 0.1) is 0 Å². The van der Waals surface area contributed by atoms with Crippen LogP contribution in [-0.4, -0.2) is 51.4 Å². The lowest BCUT2D eigenvalue weighted by molar-refractivity contribution is 0.597. The molecular weight excluding hydrogens is 288 g/mol. The zero-order valence-corrected chi connectivity index (χ0v) is 12.8. The van der Waals surface area contributed by atoms with Crippen LogP contribution in [-0.2, 0) is 19.7 Å². The maximum atomic E-state index is 11.1. The fraction of sp³-hybridized carbons (Fsp3) is 1.00. The molecule has 0 aromatic heterocycles. The highest BCUT2D eigenvalue weighted by Crippen LogP contribution is 2.21. The molecule has 98 valence electrons. The molecular formula is C8H18O4S4. The Kier molecular flexibility index (Phi) is 8.13. The predicted molar refractivity (Wildman–Crippen MR) is 73.6 cm³/mol. The number of rotatable bonds is 9. The first-order valence-electron chi connectivity index (χ1n) is 4.98. The fourth-order valence-corrected chi connectivity index (χ4v) is 6.05. The summed E-state index contributed by atoms with van der Waals surface area (Å²) < 4.78 is 44.5. The summed E-state index contributed by atoms with van der Waals surface area (Å²) in [6.07, 6.45) is 0. The van der Waals surface area contributed by atoms with Gasteiger partial charge in [-0.25, -0.2) is 16.8 Å². The Morgan fingerprint density at radius 1 is 0.750 bits per heavy atom. The second-order valence-electron chi connectivity index (χ2n) is 3.12. The van der Waals surface area contributed by atoms with E-state index in [1.54, 1.807) is 13.8 Å². The molecule has 0 N–H and O–H groups in total. The Labute approximate surface area is 106 Å². The highest BCUT2D eigenvalue weighted by atomic mass is 33.1. The summed E-state index contributed by atoms with van der Waals surface area (Å²) in [6, 6.07) is 0. The van der Waals surface area contributed by atoms with Gasteiger partial charge in [0.25, 0.3) is 0 Å². The quantitative estimate of drug-likeness (QED) is 0.471. The molecule has 16 heavy (non-hydrogen) atoms. The van der Waals surface area contributed by atoms with Crippen molar-refractivity contribution in [2.75, 3.05) is 34.5 Å². The van der Waals surface area contributed by atoms with E-state index >= 15 is 0 Å². The molecule has 0 rings (SSSR count). The van der Waals surface area contributed by atoms with Crippen LogP contribution in [0.4, 0.5) is 0 Å². The maximum Gasteiger partial charge on any atom is 0.150 e. The van der Waals surface area contributed by atoms with E-state index in [2.05, 4.69) is 0 Å². The summed E-state index contributed by atoms with van der Waals surface area (Å²) in [7, 11) is -2.94. The van der Waals surface area contributed by atoms with Gasteiger partial charge in [0.05, 0.1) is 11.5 Å². The van der Waals surface area contributed by atoms with Crippen LogP contribution < -0.4 is 0 Å². The molecule has 0 radical (unpaired) electrons. The van der Waals surface area contributed by atoms with Gasteiger partial charge in [0, 0.05) is 23.0 Å². The van der Waals surface area contributed by atoms with Gasteiger partial charge in [0.1, 0.15) is 0 Å². The van der Waals surface area contributed by atoms with E-state index in [0.717, 1.165) is 0 Å². The Morgan fingerprint density at radius 3 is 1.31 bits per heavy atom. The second-order valence-corrected chi connectivity index (χ2v) is 10.8. The molecule has 0 aliphatic heterocycles. The van der Waals surface area contributed by atoms with E-state index in [1.165, 1.54) is 21.6 Å². The molecule has 0 saturated carbocycles. The highest BCUT2D eigenvalue weighted by molar-refractivity contribution is 8.76. The first-order chi connectivity index (χ1) is 7.33. The molecule has 0 bridgehead atoms. The molecule has 0 fully saturated rings. The molecule has 8 heteroatoms. The van der Waals surface area contributed by atoms with E-state index in [9.17, 15) is 16.8 Å². The number of hydrogen-bond acceptors (Lipinski definition) is 6. The van der Waals surface area contributed by atoms with Crippen molar-refractivity contribution in [1.82, 2.24) is 0 Å². The Hall–Kier alpha value is 0.600. The van der Waals surface area contributed by atoms with Crippen molar-refractivity contribution in [3.63, 3.8) is 0 Å². The largest absolute Gasteiger partial charge is 0.229 e. The van der Waals surface area contributed by atoms with Crippen LogP contribution in [0.15, 0.2) is 0 Å². The van der Waals surface area contributed by atoms with Crippen molar-refractivity contribution in [2.45, 2.75) is 13.8 Å². The molecule has 0 aromatic rings. The molecule has 0 unspecified atom stereocenters. The van der Waals surface area contributed by atoms with Crippen molar-refractivity contribution < 1.29 is 16.8 Å². The molecule has 0 aromatic carbocycles. The molecule has 0 amide bonds. The van der Waals surface area contributed by atoms with Crippen LogP contribution in [0.1, 0.15) is 13.8 Å². The summed E-state index contributed by atoms with van der Waals surface area (Å²) in [6.45, 7) is 3.25. The summed E-state index contributed by atoms with van der Waals surface area (Å²) in [5, 5.41) is 0. The Morgan fingerprint density at radius 2 is 1.06 bits per heavy atom. The third-order valence-corrected chi connectivity index (χ3v) is 8.25. The molecule has 0 atom stereocenters. The average Bonchev–Trinajstić information content (AvgIpc) is 2.23. The van der Waals surface area contributed by atoms with E-state index in [4.69, 9.17) is 0 Å². The van der Waals surface area contributed by atoms with Crippen LogP contribution in [0.25, 0.3) is 0 Å². The lowest BCUT2D eigenvalue weighted by Crippen LogP contribution is -2.11. The van der Waals surface area contributed by atoms with Crippen molar-refractivity contribution in [2.24, 2.45) is 0 Å². The van der Waals surface area contributed by atoms with Gasteiger partial charge in [0.15, 0.2) is 19.7 Å². The van der Waals surface area contributed by atoms with Gasteiger partial charge in [-0.05, 0) is 0 Å². The average molecular weight is 306 g/mol. The van der Waals surface area contributed by atoms with Gasteiger partial charge in [-0.1, -0.05) is 35.4 Å². The fourth-order valence-electron chi connectivity index (χ4n) is 0.729. The molecule has 0 aliphatic rings. The van der Waals surface area contributed by atoms with Gasteiger partial charge in [-0.3, -0.25) is 0 Å². The van der Waals surface area contributed by atoms with Crippen molar-refractivity contribution in [3.8, 4) is 0 Å². The first kappa shape index (κ1) is 16.6. The van der Waals surface area contributed by atoms with Crippen LogP contribution in [0.3, 0.4) is 0 Å². The Balaban J connectivity index is 3.57. The summed E-state index contributed by atoms with van der Waals surface area (Å²) in [5.41, 5.74) is 0. The van der Waals surface area contributed by atoms with E-state index in [-0.39, 0.29) is 23.0 Å². The third-order valence-electron chi connectivity index (χ3n) is 1.92. The first-order valence-corrected chi connectivity index (χ1v) is 11.1.